The summed E-state index contributed by atoms with van der Waals surface area (Å²) in [6.07, 6.45) is 0. The molecule has 3 aliphatic rings. The number of hydrogen-bond donors (Lipinski definition) is 0. The van der Waals surface area contributed by atoms with Gasteiger partial charge in [-0.2, -0.15) is 0 Å². The van der Waals surface area contributed by atoms with E-state index < -0.39 is 5.41 Å². The highest BCUT2D eigenvalue weighted by Crippen LogP contribution is 2.59. The minimum absolute atomic E-state index is 0.0105. The average Bonchev–Trinajstić information content (AvgIpc) is 3.52. The van der Waals surface area contributed by atoms with Crippen LogP contribution in [-0.4, -0.2) is 6.71 Å². The first-order valence-electron chi connectivity index (χ1n) is 20.5. The molecule has 0 saturated heterocycles. The maximum atomic E-state index is 7.10. The van der Waals surface area contributed by atoms with E-state index in [-0.39, 0.29) is 6.71 Å². The fraction of sp³-hybridized carbons (Fsp3) is 0.0545. The summed E-state index contributed by atoms with van der Waals surface area (Å²) in [5.41, 5.74) is 15.9. The fourth-order valence-corrected chi connectivity index (χ4v) is 10.1. The molecule has 2 heterocycles. The van der Waals surface area contributed by atoms with Gasteiger partial charge in [-0.15, -0.1) is 0 Å². The third-order valence-corrected chi connectivity index (χ3v) is 12.7. The second kappa shape index (κ2) is 12.9. The number of nitrogens with zero attached hydrogens (tertiary/aromatic N) is 1. The Kier molecular flexibility index (Phi) is 7.37. The van der Waals surface area contributed by atoms with Crippen LogP contribution < -0.4 is 30.8 Å². The molecular weight excluding hydrogens is 717 g/mol. The highest BCUT2D eigenvalue weighted by molar-refractivity contribution is 6.98. The van der Waals surface area contributed by atoms with Gasteiger partial charge in [0.1, 0.15) is 23.0 Å². The van der Waals surface area contributed by atoms with Gasteiger partial charge < -0.3 is 14.4 Å². The smallest absolute Gasteiger partial charge is 0.260 e. The van der Waals surface area contributed by atoms with Gasteiger partial charge in [0.15, 0.2) is 0 Å². The molecule has 0 spiro atoms. The van der Waals surface area contributed by atoms with E-state index in [2.05, 4.69) is 213 Å². The van der Waals surface area contributed by atoms with Gasteiger partial charge in [0.25, 0.3) is 6.71 Å². The quantitative estimate of drug-likeness (QED) is 0.163. The van der Waals surface area contributed by atoms with Crippen molar-refractivity contribution in [2.75, 3.05) is 4.90 Å². The van der Waals surface area contributed by atoms with Gasteiger partial charge in [-0.3, -0.25) is 0 Å². The molecule has 0 amide bonds. The highest BCUT2D eigenvalue weighted by Gasteiger charge is 2.48. The summed E-state index contributed by atoms with van der Waals surface area (Å²) < 4.78 is 13.9. The van der Waals surface area contributed by atoms with Crippen LogP contribution in [0.3, 0.4) is 0 Å². The summed E-state index contributed by atoms with van der Waals surface area (Å²) in [5.74, 6) is 3.59. The van der Waals surface area contributed by atoms with Crippen LogP contribution in [0.25, 0.3) is 44.2 Å². The molecule has 59 heavy (non-hydrogen) atoms. The second-order valence-corrected chi connectivity index (χ2v) is 16.4. The lowest BCUT2D eigenvalue weighted by Gasteiger charge is -2.36. The van der Waals surface area contributed by atoms with E-state index in [1.54, 1.807) is 0 Å². The number of ether oxygens (including phenoxy) is 2. The first-order chi connectivity index (χ1) is 29.0. The molecule has 0 unspecified atom stereocenters. The highest BCUT2D eigenvalue weighted by atomic mass is 16.5. The lowest BCUT2D eigenvalue weighted by Crippen LogP contribution is -2.57. The molecule has 2 aliphatic heterocycles. The van der Waals surface area contributed by atoms with Gasteiger partial charge in [0.2, 0.25) is 0 Å². The average molecular weight is 756 g/mol. The number of para-hydroxylation sites is 2. The van der Waals surface area contributed by atoms with E-state index in [0.29, 0.717) is 0 Å². The topological polar surface area (TPSA) is 21.7 Å². The predicted octanol–water partition coefficient (Wildman–Crippen LogP) is 12.7. The monoisotopic (exact) mass is 755 g/mol. The van der Waals surface area contributed by atoms with Crippen molar-refractivity contribution in [3.8, 4) is 56.4 Å². The van der Waals surface area contributed by atoms with Crippen molar-refractivity contribution < 1.29 is 9.47 Å². The van der Waals surface area contributed by atoms with Crippen LogP contribution >= 0.6 is 0 Å². The molecule has 0 atom stereocenters. The summed E-state index contributed by atoms with van der Waals surface area (Å²) in [5, 5.41) is 2.37. The normalized spacial score (nSPS) is 13.6. The van der Waals surface area contributed by atoms with Crippen molar-refractivity contribution in [2.24, 2.45) is 0 Å². The Bertz CT molecular complexity index is 3060. The first-order valence-corrected chi connectivity index (χ1v) is 20.5. The zero-order chi connectivity index (χ0) is 39.2. The van der Waals surface area contributed by atoms with E-state index >= 15 is 0 Å². The number of hydrogen-bond acceptors (Lipinski definition) is 3. The van der Waals surface area contributed by atoms with E-state index in [0.717, 1.165) is 45.5 Å². The Balaban J connectivity index is 1.12. The van der Waals surface area contributed by atoms with Crippen molar-refractivity contribution in [2.45, 2.75) is 19.3 Å². The van der Waals surface area contributed by atoms with Crippen LogP contribution in [0.4, 0.5) is 17.1 Å². The fourth-order valence-electron chi connectivity index (χ4n) is 10.1. The maximum absolute atomic E-state index is 7.10. The third kappa shape index (κ3) is 5.09. The van der Waals surface area contributed by atoms with Gasteiger partial charge in [-0.25, -0.2) is 0 Å². The Morgan fingerprint density at radius 1 is 0.458 bits per heavy atom. The molecule has 0 saturated carbocycles. The lowest BCUT2D eigenvalue weighted by molar-refractivity contribution is 0.453. The van der Waals surface area contributed by atoms with E-state index in [9.17, 15) is 0 Å². The molecular formula is C55H38BNO2. The largest absolute Gasteiger partial charge is 0.458 e. The van der Waals surface area contributed by atoms with Crippen molar-refractivity contribution in [3.05, 3.63) is 205 Å². The zero-order valence-corrected chi connectivity index (χ0v) is 32.8. The molecule has 0 fully saturated rings. The van der Waals surface area contributed by atoms with Crippen molar-refractivity contribution in [1.82, 2.24) is 0 Å². The molecule has 3 nitrogen and oxygen atoms in total. The van der Waals surface area contributed by atoms with Gasteiger partial charge in [-0.05, 0) is 104 Å². The third-order valence-electron chi connectivity index (χ3n) is 12.7. The molecule has 0 bridgehead atoms. The molecule has 0 aromatic heterocycles. The molecule has 12 rings (SSSR count). The van der Waals surface area contributed by atoms with Crippen LogP contribution in [0.5, 0.6) is 23.0 Å². The molecule has 0 N–H and O–H groups in total. The minimum Gasteiger partial charge on any atom is -0.458 e. The van der Waals surface area contributed by atoms with Gasteiger partial charge >= 0.3 is 0 Å². The van der Waals surface area contributed by atoms with Crippen LogP contribution in [-0.2, 0) is 5.41 Å². The second-order valence-electron chi connectivity index (χ2n) is 16.4. The zero-order valence-electron chi connectivity index (χ0n) is 32.8. The standard InChI is InChI=1S/C55H38BNO2/c1-55(2)44-34-47(57(39-23-15-21-37(31-39)35-17-5-3-6-18-35)40-24-16-22-38(32-40)36-19-7-4-8-20-36)41-25-9-10-26-42(41)51(44)43-33-50-53-54(52(43)55)59-49-30-14-12-28-46(49)56(53)45-27-11-13-29-48(45)58-50/h3-34H,1-2H3. The Morgan fingerprint density at radius 2 is 0.983 bits per heavy atom. The molecule has 278 valence electrons. The predicted molar refractivity (Wildman–Crippen MR) is 245 cm³/mol. The first kappa shape index (κ1) is 33.8. The summed E-state index contributed by atoms with van der Waals surface area (Å²) in [6, 6.07) is 69.9. The molecule has 9 aromatic carbocycles. The molecule has 9 aromatic rings. The number of benzene rings is 9. The minimum atomic E-state index is -0.412. The van der Waals surface area contributed by atoms with Crippen LogP contribution in [0, 0.1) is 0 Å². The van der Waals surface area contributed by atoms with Crippen LogP contribution in [0.1, 0.15) is 25.0 Å². The van der Waals surface area contributed by atoms with E-state index in [4.69, 9.17) is 9.47 Å². The Morgan fingerprint density at radius 3 is 1.61 bits per heavy atom. The van der Waals surface area contributed by atoms with Crippen LogP contribution in [0.15, 0.2) is 194 Å². The number of fused-ring (bicyclic) bond motifs is 10. The molecule has 1 aliphatic carbocycles. The van der Waals surface area contributed by atoms with Gasteiger partial charge in [0, 0.05) is 33.2 Å². The summed E-state index contributed by atoms with van der Waals surface area (Å²) in [7, 11) is 0. The molecule has 4 heteroatoms. The Labute approximate surface area is 344 Å². The van der Waals surface area contributed by atoms with Gasteiger partial charge in [0.05, 0.1) is 5.69 Å². The number of rotatable bonds is 5. The Hall–Kier alpha value is -7.30. The van der Waals surface area contributed by atoms with Crippen molar-refractivity contribution >= 4 is 50.9 Å². The van der Waals surface area contributed by atoms with Crippen LogP contribution in [0.2, 0.25) is 0 Å². The SMILES string of the molecule is CC1(C)c2cc(N(c3cccc(-c4ccccc4)c3)c3cccc(-c4ccccc4)c3)c3ccccc3c2-c2cc3c4c(c21)Oc1ccccc1B4c1ccccc1O3. The summed E-state index contributed by atoms with van der Waals surface area (Å²) in [4.78, 5) is 2.46. The van der Waals surface area contributed by atoms with Gasteiger partial charge in [-0.1, -0.05) is 159 Å². The van der Waals surface area contributed by atoms with E-state index in [1.807, 2.05) is 0 Å². The summed E-state index contributed by atoms with van der Waals surface area (Å²) >= 11 is 0. The van der Waals surface area contributed by atoms with Crippen molar-refractivity contribution in [1.29, 1.82) is 0 Å². The lowest BCUT2D eigenvalue weighted by atomic mass is 9.34. The van der Waals surface area contributed by atoms with E-state index in [1.165, 1.54) is 66.2 Å². The van der Waals surface area contributed by atoms with Crippen molar-refractivity contribution in [3.63, 3.8) is 0 Å². The number of anilines is 3. The maximum Gasteiger partial charge on any atom is 0.260 e. The summed E-state index contributed by atoms with van der Waals surface area (Å²) in [6.45, 7) is 4.74. The molecule has 0 radical (unpaired) electrons.